The highest BCUT2D eigenvalue weighted by Gasteiger charge is 2.04. The van der Waals surface area contributed by atoms with E-state index in [0.29, 0.717) is 0 Å². The van der Waals surface area contributed by atoms with E-state index in [1.165, 1.54) is 6.42 Å². The van der Waals surface area contributed by atoms with Gasteiger partial charge in [-0.1, -0.05) is 57.1 Å². The minimum Gasteiger partial charge on any atom is -0.481 e. The molecule has 0 spiro atoms. The minimum atomic E-state index is -0.725. The number of aliphatic hydroxyl groups is 1. The second-order valence-corrected chi connectivity index (χ2v) is 6.05. The summed E-state index contributed by atoms with van der Waals surface area (Å²) in [6.45, 7) is 0.287. The summed E-state index contributed by atoms with van der Waals surface area (Å²) in [6.07, 6.45) is 16.0. The lowest BCUT2D eigenvalue weighted by Gasteiger charge is -2.08. The Morgan fingerprint density at radius 1 is 0.913 bits per heavy atom. The lowest BCUT2D eigenvalue weighted by molar-refractivity contribution is -0.267. The molecule has 0 saturated heterocycles. The standard InChI is InChI=1S/C18H34O5/c19-16-12-8-3-1-2-5-9-13-17(23-22)14-10-6-4-7-11-15-18(20)21/h9,13,17,19,22H,1-8,10-12,14-16H2,(H,20,21)/b13-9+. The maximum atomic E-state index is 10.4. The van der Waals surface area contributed by atoms with Crippen LogP contribution in [0.1, 0.15) is 83.5 Å². The lowest BCUT2D eigenvalue weighted by atomic mass is 10.1. The number of allylic oxidation sites excluding steroid dienone is 1. The summed E-state index contributed by atoms with van der Waals surface area (Å²) >= 11 is 0. The number of hydrogen-bond donors (Lipinski definition) is 3. The maximum absolute atomic E-state index is 10.4. The molecular weight excluding hydrogens is 296 g/mol. The molecule has 0 aliphatic rings. The third-order valence-electron chi connectivity index (χ3n) is 3.89. The van der Waals surface area contributed by atoms with Crippen molar-refractivity contribution in [2.45, 2.75) is 89.6 Å². The van der Waals surface area contributed by atoms with Gasteiger partial charge in [-0.3, -0.25) is 10.1 Å². The van der Waals surface area contributed by atoms with Gasteiger partial charge >= 0.3 is 5.97 Å². The van der Waals surface area contributed by atoms with Crippen LogP contribution in [-0.4, -0.2) is 34.2 Å². The van der Waals surface area contributed by atoms with Crippen molar-refractivity contribution in [3.05, 3.63) is 12.2 Å². The van der Waals surface area contributed by atoms with Crippen LogP contribution in [0.2, 0.25) is 0 Å². The highest BCUT2D eigenvalue weighted by Crippen LogP contribution is 2.12. The summed E-state index contributed by atoms with van der Waals surface area (Å²) in [5, 5.41) is 26.1. The Morgan fingerprint density at radius 3 is 2.17 bits per heavy atom. The van der Waals surface area contributed by atoms with Gasteiger partial charge in [0.15, 0.2) is 0 Å². The fourth-order valence-electron chi connectivity index (χ4n) is 2.49. The number of carboxylic acid groups (broad SMARTS) is 1. The fraction of sp³-hybridized carbons (Fsp3) is 0.833. The zero-order valence-electron chi connectivity index (χ0n) is 14.3. The molecule has 0 aromatic carbocycles. The summed E-state index contributed by atoms with van der Waals surface area (Å²) in [6, 6.07) is 0. The molecule has 23 heavy (non-hydrogen) atoms. The van der Waals surface area contributed by atoms with Gasteiger partial charge in [-0.2, -0.15) is 0 Å². The highest BCUT2D eigenvalue weighted by molar-refractivity contribution is 5.66. The van der Waals surface area contributed by atoms with Crippen LogP contribution >= 0.6 is 0 Å². The number of carboxylic acids is 1. The van der Waals surface area contributed by atoms with Crippen LogP contribution in [0.5, 0.6) is 0 Å². The molecule has 0 saturated carbocycles. The average molecular weight is 330 g/mol. The first kappa shape index (κ1) is 22.1. The Labute approximate surface area is 140 Å². The van der Waals surface area contributed by atoms with Gasteiger partial charge in [0.2, 0.25) is 0 Å². The van der Waals surface area contributed by atoms with Crippen LogP contribution < -0.4 is 0 Å². The van der Waals surface area contributed by atoms with Crippen molar-refractivity contribution in [2.75, 3.05) is 6.61 Å². The average Bonchev–Trinajstić information content (AvgIpc) is 2.54. The minimum absolute atomic E-state index is 0.233. The molecule has 0 radical (unpaired) electrons. The smallest absolute Gasteiger partial charge is 0.303 e. The van der Waals surface area contributed by atoms with Gasteiger partial charge in [0.05, 0.1) is 0 Å². The van der Waals surface area contributed by atoms with Crippen molar-refractivity contribution in [3.8, 4) is 0 Å². The van der Waals surface area contributed by atoms with Crippen LogP contribution in [0.15, 0.2) is 12.2 Å². The first-order valence-corrected chi connectivity index (χ1v) is 9.00. The number of carbonyl (C=O) groups is 1. The Hall–Kier alpha value is -0.910. The summed E-state index contributed by atoms with van der Waals surface area (Å²) < 4.78 is 0. The quantitative estimate of drug-likeness (QED) is 0.158. The van der Waals surface area contributed by atoms with E-state index >= 15 is 0 Å². The highest BCUT2D eigenvalue weighted by atomic mass is 17.1. The number of rotatable bonds is 17. The topological polar surface area (TPSA) is 87.0 Å². The molecular formula is C18H34O5. The van der Waals surface area contributed by atoms with Gasteiger partial charge < -0.3 is 10.2 Å². The molecule has 0 heterocycles. The van der Waals surface area contributed by atoms with Crippen LogP contribution in [0.25, 0.3) is 0 Å². The molecule has 0 fully saturated rings. The van der Waals surface area contributed by atoms with E-state index in [1.807, 2.05) is 6.08 Å². The molecule has 3 N–H and O–H groups in total. The molecule has 5 heteroatoms. The van der Waals surface area contributed by atoms with Crippen molar-refractivity contribution in [1.29, 1.82) is 0 Å². The summed E-state index contributed by atoms with van der Waals surface area (Å²) in [5.74, 6) is -0.725. The van der Waals surface area contributed by atoms with Crippen molar-refractivity contribution in [1.82, 2.24) is 0 Å². The summed E-state index contributed by atoms with van der Waals surface area (Å²) in [7, 11) is 0. The van der Waals surface area contributed by atoms with E-state index in [4.69, 9.17) is 15.5 Å². The van der Waals surface area contributed by atoms with Gasteiger partial charge in [-0.05, 0) is 32.1 Å². The maximum Gasteiger partial charge on any atom is 0.303 e. The first-order valence-electron chi connectivity index (χ1n) is 9.00. The zero-order valence-corrected chi connectivity index (χ0v) is 14.3. The Morgan fingerprint density at radius 2 is 1.52 bits per heavy atom. The molecule has 5 nitrogen and oxygen atoms in total. The zero-order chi connectivity index (χ0) is 17.2. The van der Waals surface area contributed by atoms with E-state index in [0.717, 1.165) is 70.6 Å². The van der Waals surface area contributed by atoms with E-state index in [1.54, 1.807) is 0 Å². The van der Waals surface area contributed by atoms with Crippen LogP contribution in [0.4, 0.5) is 0 Å². The van der Waals surface area contributed by atoms with Crippen LogP contribution in [-0.2, 0) is 9.68 Å². The lowest BCUT2D eigenvalue weighted by Crippen LogP contribution is -2.06. The number of aliphatic hydroxyl groups excluding tert-OH is 1. The van der Waals surface area contributed by atoms with Crippen molar-refractivity contribution in [2.24, 2.45) is 0 Å². The van der Waals surface area contributed by atoms with Gasteiger partial charge in [0.1, 0.15) is 6.10 Å². The predicted octanol–water partition coefficient (Wildman–Crippen LogP) is 4.55. The number of unbranched alkanes of at least 4 members (excludes halogenated alkanes) is 9. The Bertz CT molecular complexity index is 291. The normalized spacial score (nSPS) is 12.8. The molecule has 0 aliphatic carbocycles. The SMILES string of the molecule is O=C(O)CCCCCCCC(/C=C/CCCCCCCO)OO. The molecule has 0 aromatic rings. The molecule has 0 bridgehead atoms. The Kier molecular flexibility index (Phi) is 16.8. The second kappa shape index (κ2) is 17.4. The number of aliphatic carboxylic acids is 1. The van der Waals surface area contributed by atoms with E-state index < -0.39 is 5.97 Å². The van der Waals surface area contributed by atoms with Gasteiger partial charge in [0, 0.05) is 13.0 Å². The number of hydrogen-bond acceptors (Lipinski definition) is 4. The van der Waals surface area contributed by atoms with E-state index in [9.17, 15) is 4.79 Å². The van der Waals surface area contributed by atoms with Gasteiger partial charge in [-0.15, -0.1) is 0 Å². The van der Waals surface area contributed by atoms with Gasteiger partial charge in [-0.25, -0.2) is 4.89 Å². The first-order chi connectivity index (χ1) is 11.2. The van der Waals surface area contributed by atoms with Gasteiger partial charge in [0.25, 0.3) is 0 Å². The van der Waals surface area contributed by atoms with E-state index in [2.05, 4.69) is 11.0 Å². The van der Waals surface area contributed by atoms with Crippen LogP contribution in [0.3, 0.4) is 0 Å². The second-order valence-electron chi connectivity index (χ2n) is 6.05. The molecule has 1 atom stereocenters. The monoisotopic (exact) mass is 330 g/mol. The van der Waals surface area contributed by atoms with Crippen molar-refractivity contribution < 1.29 is 25.2 Å². The van der Waals surface area contributed by atoms with Crippen molar-refractivity contribution in [3.63, 3.8) is 0 Å². The van der Waals surface area contributed by atoms with Crippen molar-refractivity contribution >= 4 is 5.97 Å². The molecule has 0 amide bonds. The largest absolute Gasteiger partial charge is 0.481 e. The molecule has 1 unspecified atom stereocenters. The Balaban J connectivity index is 3.47. The molecule has 0 aromatic heterocycles. The van der Waals surface area contributed by atoms with E-state index in [-0.39, 0.29) is 19.1 Å². The van der Waals surface area contributed by atoms with Crippen LogP contribution in [0, 0.1) is 0 Å². The summed E-state index contributed by atoms with van der Waals surface area (Å²) in [4.78, 5) is 14.8. The third kappa shape index (κ3) is 17.3. The third-order valence-corrected chi connectivity index (χ3v) is 3.89. The molecule has 0 aliphatic heterocycles. The predicted molar refractivity (Wildman–Crippen MR) is 91.4 cm³/mol. The molecule has 0 rings (SSSR count). The summed E-state index contributed by atoms with van der Waals surface area (Å²) in [5.41, 5.74) is 0. The fourth-order valence-corrected chi connectivity index (χ4v) is 2.49. The molecule has 136 valence electrons.